The van der Waals surface area contributed by atoms with Crippen molar-refractivity contribution >= 4 is 5.96 Å². The van der Waals surface area contributed by atoms with Crippen LogP contribution >= 0.6 is 0 Å². The smallest absolute Gasteiger partial charge is 0.193 e. The van der Waals surface area contributed by atoms with Gasteiger partial charge < -0.3 is 19.5 Å². The number of aromatic nitrogens is 1. The van der Waals surface area contributed by atoms with E-state index in [4.69, 9.17) is 4.74 Å². The van der Waals surface area contributed by atoms with Crippen LogP contribution < -0.4 is 10.1 Å². The molecule has 0 aliphatic carbocycles. The normalized spacial score (nSPS) is 11.3. The molecule has 1 heterocycles. The fraction of sp³-hybridized carbons (Fsp3) is 0.389. The largest absolute Gasteiger partial charge is 0.494 e. The number of ether oxygens (including phenoxy) is 1. The quantitative estimate of drug-likeness (QED) is 0.485. The summed E-state index contributed by atoms with van der Waals surface area (Å²) < 4.78 is 7.81. The van der Waals surface area contributed by atoms with Gasteiger partial charge in [0.05, 0.1) is 13.2 Å². The first-order chi connectivity index (χ1) is 11.2. The van der Waals surface area contributed by atoms with Crippen molar-refractivity contribution in [2.24, 2.45) is 12.0 Å². The number of aryl methyl sites for hydroxylation is 1. The van der Waals surface area contributed by atoms with Crippen LogP contribution in [0.25, 0.3) is 0 Å². The standard InChI is InChI=1S/C18H26N4O/c1-19-18(22(3)15-16-9-7-13-21(16)2)20-12-8-14-23-17-10-5-4-6-11-17/h4-7,9-11,13H,8,12,14-15H2,1-3H3,(H,19,20). The highest BCUT2D eigenvalue weighted by molar-refractivity contribution is 5.79. The minimum Gasteiger partial charge on any atom is -0.494 e. The van der Waals surface area contributed by atoms with Crippen molar-refractivity contribution in [1.82, 2.24) is 14.8 Å². The molecule has 0 saturated carbocycles. The zero-order valence-electron chi connectivity index (χ0n) is 14.2. The molecule has 5 nitrogen and oxygen atoms in total. The Morgan fingerprint density at radius 1 is 1.22 bits per heavy atom. The molecule has 0 atom stereocenters. The third-order valence-electron chi connectivity index (χ3n) is 3.64. The van der Waals surface area contributed by atoms with E-state index < -0.39 is 0 Å². The Balaban J connectivity index is 1.69. The third kappa shape index (κ3) is 5.36. The van der Waals surface area contributed by atoms with Gasteiger partial charge in [-0.05, 0) is 30.7 Å². The lowest BCUT2D eigenvalue weighted by molar-refractivity contribution is 0.310. The molecular weight excluding hydrogens is 288 g/mol. The Hall–Kier alpha value is -2.43. The predicted molar refractivity (Wildman–Crippen MR) is 94.8 cm³/mol. The van der Waals surface area contributed by atoms with E-state index in [0.717, 1.165) is 31.2 Å². The lowest BCUT2D eigenvalue weighted by atomic mass is 10.3. The maximum Gasteiger partial charge on any atom is 0.193 e. The molecule has 0 amide bonds. The monoisotopic (exact) mass is 314 g/mol. The highest BCUT2D eigenvalue weighted by Crippen LogP contribution is 2.08. The van der Waals surface area contributed by atoms with Crippen LogP contribution in [0.5, 0.6) is 5.75 Å². The van der Waals surface area contributed by atoms with Crippen LogP contribution in [0, 0.1) is 0 Å². The van der Waals surface area contributed by atoms with Crippen LogP contribution in [-0.4, -0.2) is 42.7 Å². The molecule has 2 rings (SSSR count). The molecule has 23 heavy (non-hydrogen) atoms. The van der Waals surface area contributed by atoms with Crippen LogP contribution in [0.3, 0.4) is 0 Å². The molecule has 124 valence electrons. The molecule has 0 spiro atoms. The molecule has 0 fully saturated rings. The first kappa shape index (κ1) is 16.9. The highest BCUT2D eigenvalue weighted by Gasteiger charge is 2.07. The molecule has 0 saturated heterocycles. The van der Waals surface area contributed by atoms with Crippen molar-refractivity contribution in [2.45, 2.75) is 13.0 Å². The average Bonchev–Trinajstić information content (AvgIpc) is 2.96. The molecule has 5 heteroatoms. The number of para-hydroxylation sites is 1. The van der Waals surface area contributed by atoms with Crippen LogP contribution in [0.4, 0.5) is 0 Å². The number of hydrogen-bond donors (Lipinski definition) is 1. The van der Waals surface area contributed by atoms with Gasteiger partial charge in [0, 0.05) is 39.6 Å². The van der Waals surface area contributed by atoms with E-state index in [2.05, 4.69) is 45.2 Å². The molecular formula is C18H26N4O. The molecule has 1 N–H and O–H groups in total. The highest BCUT2D eigenvalue weighted by atomic mass is 16.5. The maximum absolute atomic E-state index is 5.69. The van der Waals surface area contributed by atoms with Crippen LogP contribution in [0.2, 0.25) is 0 Å². The Morgan fingerprint density at radius 2 is 2.00 bits per heavy atom. The minimum atomic E-state index is 0.690. The summed E-state index contributed by atoms with van der Waals surface area (Å²) in [6, 6.07) is 14.1. The summed E-state index contributed by atoms with van der Waals surface area (Å²) in [6.45, 7) is 2.34. The zero-order valence-corrected chi connectivity index (χ0v) is 14.2. The number of nitrogens with one attached hydrogen (secondary N) is 1. The summed E-state index contributed by atoms with van der Waals surface area (Å²) in [6.07, 6.45) is 2.98. The number of benzene rings is 1. The summed E-state index contributed by atoms with van der Waals surface area (Å²) in [5.74, 6) is 1.81. The summed E-state index contributed by atoms with van der Waals surface area (Å²) in [5, 5.41) is 3.37. The number of hydrogen-bond acceptors (Lipinski definition) is 2. The number of nitrogens with zero attached hydrogens (tertiary/aromatic N) is 3. The Morgan fingerprint density at radius 3 is 2.65 bits per heavy atom. The molecule has 0 unspecified atom stereocenters. The van der Waals surface area contributed by atoms with Crippen molar-refractivity contribution in [1.29, 1.82) is 0 Å². The van der Waals surface area contributed by atoms with E-state index >= 15 is 0 Å². The molecule has 1 aromatic heterocycles. The topological polar surface area (TPSA) is 41.8 Å². The number of rotatable bonds is 7. The van der Waals surface area contributed by atoms with Gasteiger partial charge in [-0.2, -0.15) is 0 Å². The van der Waals surface area contributed by atoms with Gasteiger partial charge in [0.2, 0.25) is 0 Å². The van der Waals surface area contributed by atoms with E-state index in [1.54, 1.807) is 0 Å². The average molecular weight is 314 g/mol. The van der Waals surface area contributed by atoms with Crippen molar-refractivity contribution in [3.8, 4) is 5.75 Å². The summed E-state index contributed by atoms with van der Waals surface area (Å²) >= 11 is 0. The first-order valence-corrected chi connectivity index (χ1v) is 7.90. The minimum absolute atomic E-state index is 0.690. The van der Waals surface area contributed by atoms with Crippen LogP contribution in [0.1, 0.15) is 12.1 Å². The fourth-order valence-corrected chi connectivity index (χ4v) is 2.34. The number of guanidine groups is 1. The Kier molecular flexibility index (Phi) is 6.54. The molecule has 0 aliphatic rings. The maximum atomic E-state index is 5.69. The van der Waals surface area contributed by atoms with Gasteiger partial charge in [0.25, 0.3) is 0 Å². The van der Waals surface area contributed by atoms with Crippen molar-refractivity contribution in [3.05, 3.63) is 54.4 Å². The van der Waals surface area contributed by atoms with E-state index in [0.29, 0.717) is 6.61 Å². The molecule has 1 aromatic carbocycles. The van der Waals surface area contributed by atoms with Gasteiger partial charge in [-0.15, -0.1) is 0 Å². The van der Waals surface area contributed by atoms with Gasteiger partial charge >= 0.3 is 0 Å². The van der Waals surface area contributed by atoms with Gasteiger partial charge in [-0.25, -0.2) is 0 Å². The second kappa shape index (κ2) is 8.88. The molecule has 0 bridgehead atoms. The van der Waals surface area contributed by atoms with Gasteiger partial charge in [0.1, 0.15) is 5.75 Å². The predicted octanol–water partition coefficient (Wildman–Crippen LogP) is 2.50. The SMILES string of the molecule is CN=C(NCCCOc1ccccc1)N(C)Cc1cccn1C. The molecule has 2 aromatic rings. The van der Waals surface area contributed by atoms with E-state index in [1.807, 2.05) is 44.4 Å². The van der Waals surface area contributed by atoms with E-state index in [1.165, 1.54) is 5.69 Å². The Labute approximate surface area is 138 Å². The van der Waals surface area contributed by atoms with Gasteiger partial charge in [0.15, 0.2) is 5.96 Å². The second-order valence-corrected chi connectivity index (χ2v) is 5.46. The molecule has 0 aliphatic heterocycles. The summed E-state index contributed by atoms with van der Waals surface area (Å²) in [7, 11) is 5.91. The van der Waals surface area contributed by atoms with E-state index in [9.17, 15) is 0 Å². The lowest BCUT2D eigenvalue weighted by Gasteiger charge is -2.22. The summed E-state index contributed by atoms with van der Waals surface area (Å²) in [4.78, 5) is 6.45. The zero-order chi connectivity index (χ0) is 16.5. The molecule has 0 radical (unpaired) electrons. The Bertz CT molecular complexity index is 606. The first-order valence-electron chi connectivity index (χ1n) is 7.90. The van der Waals surface area contributed by atoms with Crippen molar-refractivity contribution in [2.75, 3.05) is 27.2 Å². The van der Waals surface area contributed by atoms with Crippen molar-refractivity contribution < 1.29 is 4.74 Å². The van der Waals surface area contributed by atoms with Crippen molar-refractivity contribution in [3.63, 3.8) is 0 Å². The third-order valence-corrected chi connectivity index (χ3v) is 3.64. The van der Waals surface area contributed by atoms with E-state index in [-0.39, 0.29) is 0 Å². The van der Waals surface area contributed by atoms with Crippen LogP contribution in [0.15, 0.2) is 53.7 Å². The van der Waals surface area contributed by atoms with Gasteiger partial charge in [-0.1, -0.05) is 18.2 Å². The second-order valence-electron chi connectivity index (χ2n) is 5.46. The fourth-order valence-electron chi connectivity index (χ4n) is 2.34. The van der Waals surface area contributed by atoms with Crippen LogP contribution in [-0.2, 0) is 13.6 Å². The summed E-state index contributed by atoms with van der Waals surface area (Å²) in [5.41, 5.74) is 1.25. The number of aliphatic imine (C=N–C) groups is 1. The lowest BCUT2D eigenvalue weighted by Crippen LogP contribution is -2.39. The van der Waals surface area contributed by atoms with Gasteiger partial charge in [-0.3, -0.25) is 4.99 Å².